The van der Waals surface area contributed by atoms with Crippen LogP contribution < -0.4 is 10.1 Å². The molecule has 0 aliphatic rings. The molecule has 0 saturated carbocycles. The molecule has 4 nitrogen and oxygen atoms in total. The van der Waals surface area contributed by atoms with Gasteiger partial charge in [-0.1, -0.05) is 18.2 Å². The molecule has 0 aliphatic heterocycles. The Bertz CT molecular complexity index is 556. The summed E-state index contributed by atoms with van der Waals surface area (Å²) in [7, 11) is 1.54. The Hall–Kier alpha value is -2.07. The van der Waals surface area contributed by atoms with Crippen LogP contribution in [-0.4, -0.2) is 17.2 Å². The molecule has 1 heterocycles. The normalized spacial score (nSPS) is 10.4. The van der Waals surface area contributed by atoms with Crippen LogP contribution >= 0.6 is 0 Å². The fraction of sp³-hybridized carbons (Fsp3) is 0.267. The predicted molar refractivity (Wildman–Crippen MR) is 74.2 cm³/mol. The molecule has 0 atom stereocenters. The van der Waals surface area contributed by atoms with Crippen LogP contribution in [0.25, 0.3) is 0 Å². The first-order valence-corrected chi connectivity index (χ1v) is 6.19. The summed E-state index contributed by atoms with van der Waals surface area (Å²) in [5, 5.41) is 13.2. The number of nitrogens with one attached hydrogen (secondary N) is 1. The van der Waals surface area contributed by atoms with Gasteiger partial charge < -0.3 is 15.2 Å². The van der Waals surface area contributed by atoms with Crippen LogP contribution in [0.2, 0.25) is 0 Å². The van der Waals surface area contributed by atoms with Crippen LogP contribution in [0.4, 0.5) is 0 Å². The van der Waals surface area contributed by atoms with E-state index in [-0.39, 0.29) is 5.75 Å². The fourth-order valence-electron chi connectivity index (χ4n) is 1.90. The lowest BCUT2D eigenvalue weighted by molar-refractivity contribution is 0.369. The summed E-state index contributed by atoms with van der Waals surface area (Å²) < 4.78 is 5.08. The van der Waals surface area contributed by atoms with Crippen LogP contribution in [0, 0.1) is 6.92 Å². The quantitative estimate of drug-likeness (QED) is 0.864. The summed E-state index contributed by atoms with van der Waals surface area (Å²) in [6.07, 6.45) is 0. The van der Waals surface area contributed by atoms with Crippen LogP contribution in [0.3, 0.4) is 0 Å². The number of aromatic hydroxyl groups is 1. The number of phenolic OH excluding ortho intramolecular Hbond substituents is 1. The second-order valence-electron chi connectivity index (χ2n) is 4.34. The van der Waals surface area contributed by atoms with Crippen LogP contribution in [0.5, 0.6) is 11.5 Å². The molecule has 0 aliphatic carbocycles. The number of hydrogen-bond donors (Lipinski definition) is 2. The standard InChI is InChI=1S/C15H18N2O2/c1-11-5-3-7-13(17-11)10-16-9-12-6-4-8-14(19-2)15(12)18/h3-8,16,18H,9-10H2,1-2H3. The van der Waals surface area contributed by atoms with Gasteiger partial charge >= 0.3 is 0 Å². The third kappa shape index (κ3) is 3.45. The lowest BCUT2D eigenvalue weighted by Gasteiger charge is -2.09. The molecule has 2 aromatic rings. The van der Waals surface area contributed by atoms with Gasteiger partial charge in [0.1, 0.15) is 0 Å². The summed E-state index contributed by atoms with van der Waals surface area (Å²) in [6.45, 7) is 3.20. The number of benzene rings is 1. The van der Waals surface area contributed by atoms with E-state index in [0.717, 1.165) is 17.0 Å². The van der Waals surface area contributed by atoms with Gasteiger partial charge in [-0.05, 0) is 25.1 Å². The first-order valence-electron chi connectivity index (χ1n) is 6.19. The molecular formula is C15H18N2O2. The van der Waals surface area contributed by atoms with Crippen molar-refractivity contribution < 1.29 is 9.84 Å². The summed E-state index contributed by atoms with van der Waals surface area (Å²) in [5.74, 6) is 0.683. The highest BCUT2D eigenvalue weighted by Gasteiger charge is 2.06. The van der Waals surface area contributed by atoms with Crippen molar-refractivity contribution in [3.05, 3.63) is 53.3 Å². The lowest BCUT2D eigenvalue weighted by atomic mass is 10.2. The lowest BCUT2D eigenvalue weighted by Crippen LogP contribution is -2.14. The number of aromatic nitrogens is 1. The zero-order valence-electron chi connectivity index (χ0n) is 11.2. The molecule has 0 unspecified atom stereocenters. The van der Waals surface area contributed by atoms with E-state index in [1.54, 1.807) is 13.2 Å². The molecule has 0 bridgehead atoms. The number of aryl methyl sites for hydroxylation is 1. The van der Waals surface area contributed by atoms with Gasteiger partial charge in [-0.3, -0.25) is 4.98 Å². The van der Waals surface area contributed by atoms with Gasteiger partial charge in [0.05, 0.1) is 12.8 Å². The minimum atomic E-state index is 0.190. The Labute approximate surface area is 113 Å². The number of nitrogens with zero attached hydrogens (tertiary/aromatic N) is 1. The smallest absolute Gasteiger partial charge is 0.162 e. The molecule has 0 radical (unpaired) electrons. The third-order valence-electron chi connectivity index (χ3n) is 2.87. The number of pyridine rings is 1. The van der Waals surface area contributed by atoms with Crippen LogP contribution in [0.15, 0.2) is 36.4 Å². The van der Waals surface area contributed by atoms with Gasteiger partial charge in [0.25, 0.3) is 0 Å². The molecule has 2 N–H and O–H groups in total. The van der Waals surface area contributed by atoms with E-state index in [1.165, 1.54) is 0 Å². The first-order chi connectivity index (χ1) is 9.20. The highest BCUT2D eigenvalue weighted by Crippen LogP contribution is 2.29. The van der Waals surface area contributed by atoms with E-state index in [0.29, 0.717) is 18.8 Å². The van der Waals surface area contributed by atoms with Gasteiger partial charge in [0, 0.05) is 24.3 Å². The molecule has 2 rings (SSSR count). The second-order valence-corrected chi connectivity index (χ2v) is 4.34. The first kappa shape index (κ1) is 13.4. The summed E-state index contributed by atoms with van der Waals surface area (Å²) in [5.41, 5.74) is 2.80. The van der Waals surface area contributed by atoms with E-state index >= 15 is 0 Å². The van der Waals surface area contributed by atoms with E-state index in [4.69, 9.17) is 4.74 Å². The molecule has 0 saturated heterocycles. The Morgan fingerprint density at radius 2 is 1.95 bits per heavy atom. The van der Waals surface area contributed by atoms with Gasteiger partial charge in [0.15, 0.2) is 11.5 Å². The van der Waals surface area contributed by atoms with Crippen LogP contribution in [-0.2, 0) is 13.1 Å². The number of rotatable bonds is 5. The van der Waals surface area contributed by atoms with Crippen molar-refractivity contribution in [2.24, 2.45) is 0 Å². The summed E-state index contributed by atoms with van der Waals surface area (Å²) >= 11 is 0. The highest BCUT2D eigenvalue weighted by molar-refractivity contribution is 5.45. The summed E-state index contributed by atoms with van der Waals surface area (Å²) in [6, 6.07) is 11.4. The van der Waals surface area contributed by atoms with E-state index in [1.807, 2.05) is 37.3 Å². The van der Waals surface area contributed by atoms with Crippen molar-refractivity contribution in [1.29, 1.82) is 0 Å². The molecule has 1 aromatic carbocycles. The van der Waals surface area contributed by atoms with Crippen molar-refractivity contribution in [3.8, 4) is 11.5 Å². The minimum Gasteiger partial charge on any atom is -0.504 e. The largest absolute Gasteiger partial charge is 0.504 e. The molecule has 19 heavy (non-hydrogen) atoms. The Kier molecular flexibility index (Phi) is 4.36. The molecular weight excluding hydrogens is 240 g/mol. The number of para-hydroxylation sites is 1. The monoisotopic (exact) mass is 258 g/mol. The Balaban J connectivity index is 1.96. The third-order valence-corrected chi connectivity index (χ3v) is 2.87. The topological polar surface area (TPSA) is 54.4 Å². The van der Waals surface area contributed by atoms with Crippen LogP contribution in [0.1, 0.15) is 17.0 Å². The maximum absolute atomic E-state index is 9.95. The zero-order chi connectivity index (χ0) is 13.7. The SMILES string of the molecule is COc1cccc(CNCc2cccc(C)n2)c1O. The van der Waals surface area contributed by atoms with Gasteiger partial charge in [-0.25, -0.2) is 0 Å². The number of phenols is 1. The van der Waals surface area contributed by atoms with E-state index < -0.39 is 0 Å². The van der Waals surface area contributed by atoms with Gasteiger partial charge in [0.2, 0.25) is 0 Å². The molecule has 1 aromatic heterocycles. The molecule has 100 valence electrons. The van der Waals surface area contributed by atoms with Crippen molar-refractivity contribution in [3.63, 3.8) is 0 Å². The van der Waals surface area contributed by atoms with Crippen molar-refractivity contribution in [2.75, 3.05) is 7.11 Å². The fourth-order valence-corrected chi connectivity index (χ4v) is 1.90. The van der Waals surface area contributed by atoms with Crippen molar-refractivity contribution in [2.45, 2.75) is 20.0 Å². The van der Waals surface area contributed by atoms with E-state index in [2.05, 4.69) is 10.3 Å². The maximum Gasteiger partial charge on any atom is 0.162 e. The molecule has 4 heteroatoms. The van der Waals surface area contributed by atoms with Gasteiger partial charge in [-0.15, -0.1) is 0 Å². The highest BCUT2D eigenvalue weighted by atomic mass is 16.5. The predicted octanol–water partition coefficient (Wildman–Crippen LogP) is 2.39. The number of methoxy groups -OCH3 is 1. The molecule has 0 fully saturated rings. The van der Waals surface area contributed by atoms with E-state index in [9.17, 15) is 5.11 Å². The molecule has 0 amide bonds. The minimum absolute atomic E-state index is 0.190. The Morgan fingerprint density at radius 3 is 2.68 bits per heavy atom. The number of hydrogen-bond acceptors (Lipinski definition) is 4. The van der Waals surface area contributed by atoms with Gasteiger partial charge in [-0.2, -0.15) is 0 Å². The Morgan fingerprint density at radius 1 is 1.16 bits per heavy atom. The number of ether oxygens (including phenoxy) is 1. The maximum atomic E-state index is 9.95. The van der Waals surface area contributed by atoms with Crippen molar-refractivity contribution >= 4 is 0 Å². The van der Waals surface area contributed by atoms with Crippen molar-refractivity contribution in [1.82, 2.24) is 10.3 Å². The summed E-state index contributed by atoms with van der Waals surface area (Å²) in [4.78, 5) is 4.41. The average Bonchev–Trinajstić information content (AvgIpc) is 2.41. The second kappa shape index (κ2) is 6.20. The molecule has 0 spiro atoms. The zero-order valence-corrected chi connectivity index (χ0v) is 11.2. The average molecular weight is 258 g/mol.